The van der Waals surface area contributed by atoms with Crippen LogP contribution in [0.4, 0.5) is 0 Å². The van der Waals surface area contributed by atoms with Gasteiger partial charge >= 0.3 is 0 Å². The fourth-order valence-corrected chi connectivity index (χ4v) is 1.64. The third-order valence-electron chi connectivity index (χ3n) is 2.37. The number of nitrogens with zero attached hydrogens (tertiary/aromatic N) is 3. The van der Waals surface area contributed by atoms with Crippen LogP contribution in [0.3, 0.4) is 0 Å². The van der Waals surface area contributed by atoms with Crippen molar-refractivity contribution in [2.24, 2.45) is 12.9 Å². The van der Waals surface area contributed by atoms with Crippen molar-refractivity contribution in [3.05, 3.63) is 47.3 Å². The second-order valence-electron chi connectivity index (χ2n) is 3.41. The monoisotopic (exact) mass is 237 g/mol. The number of aromatic nitrogens is 3. The molecule has 2 aromatic heterocycles. The van der Waals surface area contributed by atoms with Crippen molar-refractivity contribution in [2.75, 3.05) is 0 Å². The van der Waals surface area contributed by atoms with E-state index < -0.39 is 0 Å². The van der Waals surface area contributed by atoms with E-state index in [1.54, 1.807) is 18.5 Å². The van der Waals surface area contributed by atoms with E-state index in [0.29, 0.717) is 5.15 Å². The molecule has 0 saturated heterocycles. The number of nitrogens with two attached hydrogens (primary N) is 1. The van der Waals surface area contributed by atoms with Gasteiger partial charge in [-0.05, 0) is 11.6 Å². The lowest BCUT2D eigenvalue weighted by Crippen LogP contribution is -2.30. The number of hydrazine groups is 1. The minimum absolute atomic E-state index is 0.190. The van der Waals surface area contributed by atoms with Crippen LogP contribution in [0.15, 0.2) is 30.7 Å². The van der Waals surface area contributed by atoms with Gasteiger partial charge in [0.25, 0.3) is 0 Å². The summed E-state index contributed by atoms with van der Waals surface area (Å²) < 4.78 is 1.90. The molecule has 0 radical (unpaired) electrons. The van der Waals surface area contributed by atoms with E-state index in [4.69, 9.17) is 17.4 Å². The molecule has 5 nitrogen and oxygen atoms in total. The topological polar surface area (TPSA) is 68.8 Å². The van der Waals surface area contributed by atoms with Crippen molar-refractivity contribution in [3.8, 4) is 0 Å². The Kier molecular flexibility index (Phi) is 3.19. The van der Waals surface area contributed by atoms with Gasteiger partial charge in [0.2, 0.25) is 0 Å². The van der Waals surface area contributed by atoms with Gasteiger partial charge in [0, 0.05) is 25.6 Å². The number of hydrogen-bond donors (Lipinski definition) is 2. The van der Waals surface area contributed by atoms with E-state index in [1.807, 2.05) is 23.9 Å². The molecular weight excluding hydrogens is 226 g/mol. The molecule has 0 amide bonds. The summed E-state index contributed by atoms with van der Waals surface area (Å²) in [6.07, 6.45) is 5.27. The quantitative estimate of drug-likeness (QED) is 0.475. The fraction of sp³-hybridized carbons (Fsp3) is 0.200. The highest BCUT2D eigenvalue weighted by Gasteiger charge is 2.16. The van der Waals surface area contributed by atoms with E-state index in [0.717, 1.165) is 11.4 Å². The van der Waals surface area contributed by atoms with Crippen molar-refractivity contribution in [2.45, 2.75) is 6.04 Å². The number of hydrogen-bond acceptors (Lipinski definition) is 4. The number of halogens is 1. The average Bonchev–Trinajstić information content (AvgIpc) is 2.69. The molecule has 0 spiro atoms. The SMILES string of the molecule is Cn1ccnc1C(NN)c1ccc(Cl)nc1. The first-order valence-electron chi connectivity index (χ1n) is 4.77. The van der Waals surface area contributed by atoms with E-state index in [-0.39, 0.29) is 6.04 Å². The Labute approximate surface area is 98.2 Å². The Morgan fingerprint density at radius 2 is 2.25 bits per heavy atom. The van der Waals surface area contributed by atoms with E-state index >= 15 is 0 Å². The van der Waals surface area contributed by atoms with Crippen LogP contribution in [0.2, 0.25) is 5.15 Å². The maximum atomic E-state index is 5.73. The first kappa shape index (κ1) is 11.1. The Morgan fingerprint density at radius 1 is 1.44 bits per heavy atom. The molecule has 0 saturated carbocycles. The predicted octanol–water partition coefficient (Wildman–Crippen LogP) is 1.02. The Morgan fingerprint density at radius 3 is 2.75 bits per heavy atom. The molecule has 2 rings (SSSR count). The summed E-state index contributed by atoms with van der Waals surface area (Å²) in [6, 6.07) is 3.41. The summed E-state index contributed by atoms with van der Waals surface area (Å²) in [5, 5.41) is 0.458. The highest BCUT2D eigenvalue weighted by Crippen LogP contribution is 2.19. The van der Waals surface area contributed by atoms with Gasteiger partial charge in [0.15, 0.2) is 0 Å². The largest absolute Gasteiger partial charge is 0.336 e. The van der Waals surface area contributed by atoms with Crippen molar-refractivity contribution >= 4 is 11.6 Å². The van der Waals surface area contributed by atoms with Crippen LogP contribution in [0.1, 0.15) is 17.4 Å². The molecule has 0 fully saturated rings. The van der Waals surface area contributed by atoms with Gasteiger partial charge < -0.3 is 4.57 Å². The van der Waals surface area contributed by atoms with Gasteiger partial charge in [-0.25, -0.2) is 15.4 Å². The summed E-state index contributed by atoms with van der Waals surface area (Å²) in [4.78, 5) is 8.27. The lowest BCUT2D eigenvalue weighted by atomic mass is 10.1. The predicted molar refractivity (Wildman–Crippen MR) is 61.6 cm³/mol. The highest BCUT2D eigenvalue weighted by molar-refractivity contribution is 6.29. The van der Waals surface area contributed by atoms with Gasteiger partial charge in [-0.1, -0.05) is 17.7 Å². The van der Waals surface area contributed by atoms with Crippen LogP contribution >= 0.6 is 11.6 Å². The Balaban J connectivity index is 2.37. The third kappa shape index (κ3) is 2.06. The van der Waals surface area contributed by atoms with Crippen LogP contribution in [-0.2, 0) is 7.05 Å². The maximum absolute atomic E-state index is 5.73. The van der Waals surface area contributed by atoms with Crippen LogP contribution in [-0.4, -0.2) is 14.5 Å². The minimum atomic E-state index is -0.190. The number of imidazole rings is 1. The molecule has 0 aromatic carbocycles. The van der Waals surface area contributed by atoms with E-state index in [2.05, 4.69) is 15.4 Å². The minimum Gasteiger partial charge on any atom is -0.336 e. The Hall–Kier alpha value is -1.43. The molecule has 0 aliphatic heterocycles. The average molecular weight is 238 g/mol. The summed E-state index contributed by atoms with van der Waals surface area (Å²) in [5.74, 6) is 6.36. The van der Waals surface area contributed by atoms with Crippen molar-refractivity contribution in [1.82, 2.24) is 20.0 Å². The zero-order valence-electron chi connectivity index (χ0n) is 8.76. The first-order valence-corrected chi connectivity index (χ1v) is 5.15. The second kappa shape index (κ2) is 4.61. The van der Waals surface area contributed by atoms with Crippen LogP contribution < -0.4 is 11.3 Å². The zero-order valence-corrected chi connectivity index (χ0v) is 9.52. The number of aryl methyl sites for hydroxylation is 1. The summed E-state index contributed by atoms with van der Waals surface area (Å²) in [7, 11) is 1.91. The number of rotatable bonds is 3. The lowest BCUT2D eigenvalue weighted by molar-refractivity contribution is 0.578. The highest BCUT2D eigenvalue weighted by atomic mass is 35.5. The molecule has 0 aliphatic carbocycles. The standard InChI is InChI=1S/C10H12ClN5/c1-16-5-4-13-10(16)9(15-12)7-2-3-8(11)14-6-7/h2-6,9,15H,12H2,1H3. The fourth-order valence-electron chi connectivity index (χ4n) is 1.53. The zero-order chi connectivity index (χ0) is 11.5. The van der Waals surface area contributed by atoms with E-state index in [1.165, 1.54) is 0 Å². The van der Waals surface area contributed by atoms with Gasteiger partial charge in [-0.3, -0.25) is 5.84 Å². The van der Waals surface area contributed by atoms with Gasteiger partial charge in [0.05, 0.1) is 0 Å². The van der Waals surface area contributed by atoms with Gasteiger partial charge in [-0.15, -0.1) is 0 Å². The van der Waals surface area contributed by atoms with Crippen molar-refractivity contribution < 1.29 is 0 Å². The number of nitrogens with one attached hydrogen (secondary N) is 1. The van der Waals surface area contributed by atoms with Crippen molar-refractivity contribution in [3.63, 3.8) is 0 Å². The molecular formula is C10H12ClN5. The maximum Gasteiger partial charge on any atom is 0.131 e. The normalized spacial score (nSPS) is 12.7. The Bertz CT molecular complexity index is 464. The summed E-state index contributed by atoms with van der Waals surface area (Å²) in [6.45, 7) is 0. The molecule has 1 atom stereocenters. The number of pyridine rings is 1. The van der Waals surface area contributed by atoms with Crippen molar-refractivity contribution in [1.29, 1.82) is 0 Å². The molecule has 0 bridgehead atoms. The molecule has 3 N–H and O–H groups in total. The first-order chi connectivity index (χ1) is 7.72. The molecule has 0 aliphatic rings. The smallest absolute Gasteiger partial charge is 0.131 e. The van der Waals surface area contributed by atoms with Gasteiger partial charge in [-0.2, -0.15) is 0 Å². The molecule has 2 aromatic rings. The van der Waals surface area contributed by atoms with E-state index in [9.17, 15) is 0 Å². The summed E-state index contributed by atoms with van der Waals surface area (Å²) in [5.41, 5.74) is 3.63. The molecule has 6 heteroatoms. The summed E-state index contributed by atoms with van der Waals surface area (Å²) >= 11 is 5.73. The van der Waals surface area contributed by atoms with Gasteiger partial charge in [0.1, 0.15) is 17.0 Å². The second-order valence-corrected chi connectivity index (χ2v) is 3.80. The van der Waals surface area contributed by atoms with Crippen LogP contribution in [0.25, 0.3) is 0 Å². The molecule has 1 unspecified atom stereocenters. The van der Waals surface area contributed by atoms with Crippen LogP contribution in [0, 0.1) is 0 Å². The van der Waals surface area contributed by atoms with Crippen LogP contribution in [0.5, 0.6) is 0 Å². The molecule has 84 valence electrons. The molecule has 2 heterocycles. The lowest BCUT2D eigenvalue weighted by Gasteiger charge is -2.15. The molecule has 16 heavy (non-hydrogen) atoms. The third-order valence-corrected chi connectivity index (χ3v) is 2.59.